The molecule has 0 fully saturated rings. The van der Waals surface area contributed by atoms with Crippen LogP contribution in [0.5, 0.6) is 0 Å². The SMILES string of the molecule is NC(C1=CCCO1)c1c(F)cccc1Cl. The molecule has 1 aromatic rings. The van der Waals surface area contributed by atoms with E-state index in [1.807, 2.05) is 6.08 Å². The van der Waals surface area contributed by atoms with Crippen LogP contribution >= 0.6 is 11.6 Å². The van der Waals surface area contributed by atoms with Crippen molar-refractivity contribution in [1.29, 1.82) is 0 Å². The van der Waals surface area contributed by atoms with E-state index in [1.54, 1.807) is 12.1 Å². The lowest BCUT2D eigenvalue weighted by Gasteiger charge is -2.15. The van der Waals surface area contributed by atoms with Crippen LogP contribution in [0.15, 0.2) is 30.0 Å². The molecule has 1 atom stereocenters. The molecule has 1 unspecified atom stereocenters. The van der Waals surface area contributed by atoms with Gasteiger partial charge in [-0.05, 0) is 18.2 Å². The molecule has 15 heavy (non-hydrogen) atoms. The maximum absolute atomic E-state index is 13.5. The Morgan fingerprint density at radius 2 is 2.27 bits per heavy atom. The third-order valence-electron chi connectivity index (χ3n) is 2.35. The molecule has 1 heterocycles. The summed E-state index contributed by atoms with van der Waals surface area (Å²) < 4.78 is 18.8. The van der Waals surface area contributed by atoms with Crippen LogP contribution in [0.3, 0.4) is 0 Å². The van der Waals surface area contributed by atoms with E-state index in [-0.39, 0.29) is 0 Å². The highest BCUT2D eigenvalue weighted by atomic mass is 35.5. The smallest absolute Gasteiger partial charge is 0.129 e. The van der Waals surface area contributed by atoms with Gasteiger partial charge in [0.2, 0.25) is 0 Å². The molecule has 0 radical (unpaired) electrons. The number of hydrogen-bond donors (Lipinski definition) is 1. The van der Waals surface area contributed by atoms with E-state index in [2.05, 4.69) is 0 Å². The van der Waals surface area contributed by atoms with Crippen LogP contribution < -0.4 is 5.73 Å². The van der Waals surface area contributed by atoms with Gasteiger partial charge in [0, 0.05) is 17.0 Å². The summed E-state index contributed by atoms with van der Waals surface area (Å²) in [4.78, 5) is 0. The minimum Gasteiger partial charge on any atom is -0.496 e. The van der Waals surface area contributed by atoms with Gasteiger partial charge < -0.3 is 10.5 Å². The van der Waals surface area contributed by atoms with E-state index < -0.39 is 11.9 Å². The number of halogens is 2. The zero-order valence-corrected chi connectivity index (χ0v) is 8.80. The molecule has 1 aromatic carbocycles. The summed E-state index contributed by atoms with van der Waals surface area (Å²) in [7, 11) is 0. The number of benzene rings is 1. The quantitative estimate of drug-likeness (QED) is 0.843. The van der Waals surface area contributed by atoms with E-state index in [9.17, 15) is 4.39 Å². The van der Waals surface area contributed by atoms with Gasteiger partial charge in [-0.15, -0.1) is 0 Å². The van der Waals surface area contributed by atoms with Gasteiger partial charge in [-0.2, -0.15) is 0 Å². The first kappa shape index (κ1) is 10.5. The van der Waals surface area contributed by atoms with E-state index in [1.165, 1.54) is 6.07 Å². The predicted octanol–water partition coefficient (Wildman–Crippen LogP) is 2.78. The minimum atomic E-state index is -0.610. The average Bonchev–Trinajstić information content (AvgIpc) is 2.69. The first-order chi connectivity index (χ1) is 7.20. The van der Waals surface area contributed by atoms with Crippen molar-refractivity contribution in [2.45, 2.75) is 12.5 Å². The van der Waals surface area contributed by atoms with Gasteiger partial charge >= 0.3 is 0 Å². The third kappa shape index (κ3) is 1.98. The van der Waals surface area contributed by atoms with Crippen molar-refractivity contribution in [3.63, 3.8) is 0 Å². The lowest BCUT2D eigenvalue weighted by atomic mass is 10.1. The van der Waals surface area contributed by atoms with Gasteiger partial charge in [-0.25, -0.2) is 4.39 Å². The molecule has 2 rings (SSSR count). The maximum Gasteiger partial charge on any atom is 0.129 e. The van der Waals surface area contributed by atoms with E-state index >= 15 is 0 Å². The molecule has 2 N–H and O–H groups in total. The van der Waals surface area contributed by atoms with Crippen LogP contribution in [-0.2, 0) is 4.74 Å². The maximum atomic E-state index is 13.5. The number of rotatable bonds is 2. The van der Waals surface area contributed by atoms with Crippen molar-refractivity contribution in [2.75, 3.05) is 6.61 Å². The molecule has 0 spiro atoms. The predicted molar refractivity (Wildman–Crippen MR) is 57.0 cm³/mol. The number of ether oxygens (including phenoxy) is 1. The Morgan fingerprint density at radius 1 is 1.47 bits per heavy atom. The van der Waals surface area contributed by atoms with Crippen LogP contribution in [0, 0.1) is 5.82 Å². The van der Waals surface area contributed by atoms with Gasteiger partial charge in [0.25, 0.3) is 0 Å². The van der Waals surface area contributed by atoms with Crippen LogP contribution in [-0.4, -0.2) is 6.61 Å². The second-order valence-corrected chi connectivity index (χ2v) is 3.76. The molecule has 80 valence electrons. The molecular formula is C11H11ClFNO. The second-order valence-electron chi connectivity index (χ2n) is 3.36. The molecule has 0 bridgehead atoms. The molecule has 4 heteroatoms. The lowest BCUT2D eigenvalue weighted by molar-refractivity contribution is 0.224. The van der Waals surface area contributed by atoms with Crippen LogP contribution in [0.2, 0.25) is 5.02 Å². The van der Waals surface area contributed by atoms with Gasteiger partial charge in [0.05, 0.1) is 12.6 Å². The van der Waals surface area contributed by atoms with Gasteiger partial charge in [-0.1, -0.05) is 17.7 Å². The summed E-state index contributed by atoms with van der Waals surface area (Å²) in [5.41, 5.74) is 6.18. The topological polar surface area (TPSA) is 35.2 Å². The van der Waals surface area contributed by atoms with E-state index in [0.29, 0.717) is 23.0 Å². The molecule has 0 amide bonds. The van der Waals surface area contributed by atoms with Gasteiger partial charge in [0.15, 0.2) is 0 Å². The highest BCUT2D eigenvalue weighted by molar-refractivity contribution is 6.31. The number of hydrogen-bond acceptors (Lipinski definition) is 2. The highest BCUT2D eigenvalue weighted by Gasteiger charge is 2.22. The average molecular weight is 228 g/mol. The first-order valence-electron chi connectivity index (χ1n) is 4.72. The van der Waals surface area contributed by atoms with Crippen molar-refractivity contribution >= 4 is 11.6 Å². The van der Waals surface area contributed by atoms with Gasteiger partial charge in [-0.3, -0.25) is 0 Å². The minimum absolute atomic E-state index is 0.298. The van der Waals surface area contributed by atoms with Crippen molar-refractivity contribution < 1.29 is 9.13 Å². The zero-order chi connectivity index (χ0) is 10.8. The summed E-state index contributed by atoms with van der Waals surface area (Å²) in [6.45, 7) is 0.606. The Balaban J connectivity index is 2.36. The molecular weight excluding hydrogens is 217 g/mol. The fourth-order valence-electron chi connectivity index (χ4n) is 1.60. The third-order valence-corrected chi connectivity index (χ3v) is 2.68. The molecule has 1 aliphatic rings. The van der Waals surface area contributed by atoms with E-state index in [0.717, 1.165) is 6.42 Å². The largest absolute Gasteiger partial charge is 0.496 e. The normalized spacial score (nSPS) is 17.1. The molecule has 0 aliphatic carbocycles. The Labute approximate surface area is 92.5 Å². The second kappa shape index (κ2) is 4.21. The number of nitrogens with two attached hydrogens (primary N) is 1. The lowest BCUT2D eigenvalue weighted by Crippen LogP contribution is -2.15. The standard InChI is InChI=1S/C11H11ClFNO/c12-7-3-1-4-8(13)10(7)11(14)9-5-2-6-15-9/h1,3-5,11H,2,6,14H2. The highest BCUT2D eigenvalue weighted by Crippen LogP contribution is 2.31. The molecule has 0 saturated heterocycles. The van der Waals surface area contributed by atoms with Crippen LogP contribution in [0.25, 0.3) is 0 Å². The fourth-order valence-corrected chi connectivity index (χ4v) is 1.88. The summed E-state index contributed by atoms with van der Waals surface area (Å²) in [5, 5.41) is 0.332. The Morgan fingerprint density at radius 3 is 2.87 bits per heavy atom. The Kier molecular flexibility index (Phi) is 2.93. The van der Waals surface area contributed by atoms with Crippen molar-refractivity contribution in [2.24, 2.45) is 5.73 Å². The molecule has 2 nitrogen and oxygen atoms in total. The van der Waals surface area contributed by atoms with Crippen LogP contribution in [0.4, 0.5) is 4.39 Å². The molecule has 1 aliphatic heterocycles. The van der Waals surface area contributed by atoms with Crippen molar-refractivity contribution in [3.8, 4) is 0 Å². The Hall–Kier alpha value is -1.06. The summed E-state index contributed by atoms with van der Waals surface area (Å²) in [6, 6.07) is 3.91. The monoisotopic (exact) mass is 227 g/mol. The summed E-state index contributed by atoms with van der Waals surface area (Å²) in [5.74, 6) is 0.202. The van der Waals surface area contributed by atoms with Crippen molar-refractivity contribution in [3.05, 3.63) is 46.4 Å². The van der Waals surface area contributed by atoms with Gasteiger partial charge in [0.1, 0.15) is 11.6 Å². The Bertz CT molecular complexity index is 385. The molecule has 0 saturated carbocycles. The molecule has 0 aromatic heterocycles. The zero-order valence-electron chi connectivity index (χ0n) is 8.04. The summed E-state index contributed by atoms with van der Waals surface area (Å²) >= 11 is 5.90. The fraction of sp³-hybridized carbons (Fsp3) is 0.273. The first-order valence-corrected chi connectivity index (χ1v) is 5.10. The van der Waals surface area contributed by atoms with E-state index in [4.69, 9.17) is 22.1 Å². The van der Waals surface area contributed by atoms with Crippen LogP contribution in [0.1, 0.15) is 18.0 Å². The summed E-state index contributed by atoms with van der Waals surface area (Å²) in [6.07, 6.45) is 2.68. The van der Waals surface area contributed by atoms with Crippen molar-refractivity contribution in [1.82, 2.24) is 0 Å².